The zero-order chi connectivity index (χ0) is 16.2. The molecular formula is C20H17N3O. The summed E-state index contributed by atoms with van der Waals surface area (Å²) in [5.41, 5.74) is 5.22. The van der Waals surface area contributed by atoms with Crippen molar-refractivity contribution in [2.24, 2.45) is 0 Å². The van der Waals surface area contributed by atoms with E-state index in [0.717, 1.165) is 28.9 Å². The van der Waals surface area contributed by atoms with Crippen molar-refractivity contribution in [1.29, 1.82) is 0 Å². The SMILES string of the molecule is C1=C/OCc2cccc(c2)-c2ccnc(n2)Nc2cccc(c2)C/1. The predicted octanol–water partition coefficient (Wildman–Crippen LogP) is 4.47. The van der Waals surface area contributed by atoms with Gasteiger partial charge >= 0.3 is 0 Å². The van der Waals surface area contributed by atoms with Crippen LogP contribution in [-0.2, 0) is 17.8 Å². The van der Waals surface area contributed by atoms with Crippen LogP contribution in [0, 0.1) is 0 Å². The van der Waals surface area contributed by atoms with E-state index < -0.39 is 0 Å². The molecule has 0 atom stereocenters. The number of fused-ring (bicyclic) bond motifs is 7. The Kier molecular flexibility index (Phi) is 3.94. The van der Waals surface area contributed by atoms with Crippen LogP contribution in [0.5, 0.6) is 0 Å². The first kappa shape index (κ1) is 14.5. The highest BCUT2D eigenvalue weighted by Crippen LogP contribution is 2.22. The van der Waals surface area contributed by atoms with E-state index in [1.54, 1.807) is 12.5 Å². The lowest BCUT2D eigenvalue weighted by molar-refractivity contribution is 0.235. The molecule has 1 aromatic heterocycles. The molecule has 0 aliphatic carbocycles. The Morgan fingerprint density at radius 1 is 0.958 bits per heavy atom. The van der Waals surface area contributed by atoms with Gasteiger partial charge in [-0.25, -0.2) is 9.97 Å². The lowest BCUT2D eigenvalue weighted by Gasteiger charge is -2.08. The number of anilines is 2. The van der Waals surface area contributed by atoms with Gasteiger partial charge in [-0.3, -0.25) is 0 Å². The number of ether oxygens (including phenoxy) is 1. The molecule has 1 aliphatic rings. The number of nitrogens with zero attached hydrogens (tertiary/aromatic N) is 2. The lowest BCUT2D eigenvalue weighted by Crippen LogP contribution is -1.98. The minimum Gasteiger partial charge on any atom is -0.497 e. The molecule has 6 bridgehead atoms. The first-order valence-electron chi connectivity index (χ1n) is 7.92. The van der Waals surface area contributed by atoms with Gasteiger partial charge in [-0.1, -0.05) is 30.3 Å². The van der Waals surface area contributed by atoms with Crippen molar-refractivity contribution in [3.8, 4) is 11.3 Å². The maximum atomic E-state index is 5.65. The van der Waals surface area contributed by atoms with Gasteiger partial charge in [0, 0.05) is 17.4 Å². The number of aromatic nitrogens is 2. The highest BCUT2D eigenvalue weighted by atomic mass is 16.5. The van der Waals surface area contributed by atoms with E-state index >= 15 is 0 Å². The summed E-state index contributed by atoms with van der Waals surface area (Å²) in [4.78, 5) is 8.96. The largest absolute Gasteiger partial charge is 0.497 e. The number of rotatable bonds is 0. The van der Waals surface area contributed by atoms with E-state index in [2.05, 4.69) is 39.6 Å². The fourth-order valence-electron chi connectivity index (χ4n) is 2.70. The van der Waals surface area contributed by atoms with E-state index in [-0.39, 0.29) is 0 Å². The van der Waals surface area contributed by atoms with Gasteiger partial charge in [-0.15, -0.1) is 0 Å². The van der Waals surface area contributed by atoms with Crippen LogP contribution in [0.3, 0.4) is 0 Å². The van der Waals surface area contributed by atoms with Gasteiger partial charge in [0.15, 0.2) is 0 Å². The van der Waals surface area contributed by atoms with Crippen LogP contribution in [-0.4, -0.2) is 9.97 Å². The quantitative estimate of drug-likeness (QED) is 0.665. The molecule has 0 spiro atoms. The predicted molar refractivity (Wildman–Crippen MR) is 94.8 cm³/mol. The molecule has 118 valence electrons. The van der Waals surface area contributed by atoms with E-state index in [1.165, 1.54) is 5.56 Å². The summed E-state index contributed by atoms with van der Waals surface area (Å²) in [6.07, 6.45) is 6.39. The van der Waals surface area contributed by atoms with Crippen molar-refractivity contribution < 1.29 is 4.74 Å². The third-order valence-electron chi connectivity index (χ3n) is 3.86. The summed E-state index contributed by atoms with van der Waals surface area (Å²) in [5.74, 6) is 0.594. The van der Waals surface area contributed by atoms with Gasteiger partial charge in [-0.2, -0.15) is 0 Å². The molecule has 2 aromatic carbocycles. The second-order valence-corrected chi connectivity index (χ2v) is 5.68. The fraction of sp³-hybridized carbons (Fsp3) is 0.100. The van der Waals surface area contributed by atoms with Crippen molar-refractivity contribution in [2.45, 2.75) is 13.0 Å². The van der Waals surface area contributed by atoms with E-state index in [0.29, 0.717) is 12.6 Å². The summed E-state index contributed by atoms with van der Waals surface area (Å²) in [7, 11) is 0. The zero-order valence-electron chi connectivity index (χ0n) is 13.1. The Morgan fingerprint density at radius 2 is 1.88 bits per heavy atom. The van der Waals surface area contributed by atoms with Crippen molar-refractivity contribution in [3.05, 3.63) is 84.3 Å². The first-order valence-corrected chi connectivity index (χ1v) is 7.92. The average molecular weight is 315 g/mol. The van der Waals surface area contributed by atoms with Gasteiger partial charge in [0.25, 0.3) is 0 Å². The second-order valence-electron chi connectivity index (χ2n) is 5.68. The lowest BCUT2D eigenvalue weighted by atomic mass is 10.1. The Balaban J connectivity index is 1.77. The molecule has 4 heteroatoms. The van der Waals surface area contributed by atoms with Crippen LogP contribution in [0.4, 0.5) is 11.6 Å². The minimum absolute atomic E-state index is 0.542. The second kappa shape index (κ2) is 6.54. The number of allylic oxidation sites excluding steroid dienone is 1. The van der Waals surface area contributed by atoms with Crippen LogP contribution >= 0.6 is 0 Å². The van der Waals surface area contributed by atoms with Crippen molar-refractivity contribution >= 4 is 11.6 Å². The molecule has 0 saturated carbocycles. The van der Waals surface area contributed by atoms with Crippen molar-refractivity contribution in [1.82, 2.24) is 9.97 Å². The molecule has 1 aliphatic heterocycles. The van der Waals surface area contributed by atoms with Gasteiger partial charge in [-0.05, 0) is 47.9 Å². The van der Waals surface area contributed by atoms with Crippen LogP contribution in [0.15, 0.2) is 73.1 Å². The van der Waals surface area contributed by atoms with Gasteiger partial charge in [0.1, 0.15) is 6.61 Å². The van der Waals surface area contributed by atoms with Crippen LogP contribution in [0.25, 0.3) is 11.3 Å². The highest BCUT2D eigenvalue weighted by Gasteiger charge is 2.05. The van der Waals surface area contributed by atoms with E-state index in [1.807, 2.05) is 36.4 Å². The van der Waals surface area contributed by atoms with Crippen LogP contribution < -0.4 is 5.32 Å². The van der Waals surface area contributed by atoms with E-state index in [9.17, 15) is 0 Å². The smallest absolute Gasteiger partial charge is 0.227 e. The molecule has 3 aromatic rings. The third-order valence-corrected chi connectivity index (χ3v) is 3.86. The number of hydrogen-bond donors (Lipinski definition) is 1. The Labute approximate surface area is 140 Å². The normalized spacial score (nSPS) is 14.5. The van der Waals surface area contributed by atoms with Gasteiger partial charge in [0.05, 0.1) is 12.0 Å². The highest BCUT2D eigenvalue weighted by molar-refractivity contribution is 5.63. The van der Waals surface area contributed by atoms with Crippen molar-refractivity contribution in [3.63, 3.8) is 0 Å². The molecular weight excluding hydrogens is 298 g/mol. The molecule has 0 saturated heterocycles. The Morgan fingerprint density at radius 3 is 2.88 bits per heavy atom. The molecule has 1 N–H and O–H groups in total. The number of nitrogens with one attached hydrogen (secondary N) is 1. The summed E-state index contributed by atoms with van der Waals surface area (Å²) in [5, 5.41) is 3.28. The molecule has 4 nitrogen and oxygen atoms in total. The Hall–Kier alpha value is -3.14. The Bertz CT molecular complexity index is 889. The molecule has 0 radical (unpaired) electrons. The summed E-state index contributed by atoms with van der Waals surface area (Å²) in [6.45, 7) is 0.542. The fourth-order valence-corrected chi connectivity index (χ4v) is 2.70. The van der Waals surface area contributed by atoms with Crippen LogP contribution in [0.1, 0.15) is 11.1 Å². The minimum atomic E-state index is 0.542. The van der Waals surface area contributed by atoms with Crippen LogP contribution in [0.2, 0.25) is 0 Å². The number of hydrogen-bond acceptors (Lipinski definition) is 4. The number of benzene rings is 2. The molecule has 24 heavy (non-hydrogen) atoms. The first-order chi connectivity index (χ1) is 11.9. The topological polar surface area (TPSA) is 47.0 Å². The van der Waals surface area contributed by atoms with E-state index in [4.69, 9.17) is 4.74 Å². The zero-order valence-corrected chi connectivity index (χ0v) is 13.1. The molecule has 2 heterocycles. The monoisotopic (exact) mass is 315 g/mol. The van der Waals surface area contributed by atoms with Crippen molar-refractivity contribution in [2.75, 3.05) is 5.32 Å². The summed E-state index contributed by atoms with van der Waals surface area (Å²) < 4.78 is 5.65. The standard InChI is InChI=1S/C20H17N3O/c1-5-16-12-17(7-1)19-9-10-21-20(23-19)22-18-8-2-4-15(13-18)6-3-11-24-14-16/h1-5,7-13H,6,14H2,(H,21,22,23)/b11-3+. The molecule has 0 fully saturated rings. The molecule has 4 rings (SSSR count). The summed E-state index contributed by atoms with van der Waals surface area (Å²) in [6, 6.07) is 18.4. The van der Waals surface area contributed by atoms with Gasteiger partial charge < -0.3 is 10.1 Å². The maximum absolute atomic E-state index is 5.65. The molecule has 0 unspecified atom stereocenters. The summed E-state index contributed by atoms with van der Waals surface area (Å²) >= 11 is 0. The third kappa shape index (κ3) is 3.27. The average Bonchev–Trinajstić information content (AvgIpc) is 2.62. The molecule has 0 amide bonds. The maximum Gasteiger partial charge on any atom is 0.227 e. The van der Waals surface area contributed by atoms with Gasteiger partial charge in [0.2, 0.25) is 5.95 Å².